The highest BCUT2D eigenvalue weighted by Gasteiger charge is 2.45. The van der Waals surface area contributed by atoms with Gasteiger partial charge in [0.05, 0.1) is 28.7 Å². The van der Waals surface area contributed by atoms with E-state index in [2.05, 4.69) is 83.4 Å². The fourth-order valence-electron chi connectivity index (χ4n) is 7.09. The first-order valence-corrected chi connectivity index (χ1v) is 19.4. The lowest BCUT2D eigenvalue weighted by molar-refractivity contribution is -0.117. The molecule has 0 aliphatic heterocycles. The smallest absolute Gasteiger partial charge is 0.224 e. The van der Waals surface area contributed by atoms with E-state index in [1.54, 1.807) is 36.4 Å². The fourth-order valence-corrected chi connectivity index (χ4v) is 8.02. The highest BCUT2D eigenvalue weighted by Crippen LogP contribution is 2.56. The molecule has 0 unspecified atom stereocenters. The molecule has 6 aromatic carbocycles. The Kier molecular flexibility index (Phi) is 12.0. The maximum atomic E-state index is 12.9. The lowest BCUT2D eigenvalue weighted by Crippen LogP contribution is -2.28. The minimum Gasteiger partial charge on any atom is -0.492 e. The Morgan fingerprint density at radius 2 is 0.909 bits per heavy atom. The van der Waals surface area contributed by atoms with Gasteiger partial charge in [0.2, 0.25) is 11.8 Å². The van der Waals surface area contributed by atoms with Crippen molar-refractivity contribution in [2.75, 3.05) is 23.8 Å². The number of ether oxygens (including phenoxy) is 2. The van der Waals surface area contributed by atoms with Crippen molar-refractivity contribution in [3.8, 4) is 22.6 Å². The number of fused-ring (bicyclic) bond motifs is 3. The van der Waals surface area contributed by atoms with Gasteiger partial charge in [-0.05, 0) is 107 Å². The number of carbonyl (C=O) groups excluding carboxylic acids is 2. The van der Waals surface area contributed by atoms with E-state index in [9.17, 15) is 9.59 Å². The van der Waals surface area contributed by atoms with E-state index in [-0.39, 0.29) is 24.7 Å². The molecule has 6 aromatic rings. The second-order valence-electron chi connectivity index (χ2n) is 13.1. The molecule has 10 heteroatoms. The Balaban J connectivity index is 1.05. The quantitative estimate of drug-likeness (QED) is 0.107. The van der Waals surface area contributed by atoms with Crippen molar-refractivity contribution in [1.29, 1.82) is 0 Å². The van der Waals surface area contributed by atoms with Gasteiger partial charge in [-0.25, -0.2) is 0 Å². The lowest BCUT2D eigenvalue weighted by atomic mass is 9.67. The molecule has 2 amide bonds. The zero-order valence-corrected chi connectivity index (χ0v) is 32.6. The predicted octanol–water partition coefficient (Wildman–Crippen LogP) is 12.3. The van der Waals surface area contributed by atoms with Gasteiger partial charge >= 0.3 is 0 Å². The number of carbonyl (C=O) groups is 2. The van der Waals surface area contributed by atoms with E-state index in [1.165, 1.54) is 0 Å². The van der Waals surface area contributed by atoms with Crippen molar-refractivity contribution in [2.45, 2.75) is 31.1 Å². The normalized spacial score (nSPS) is 12.4. The molecule has 1 aliphatic rings. The molecule has 6 nitrogen and oxygen atoms in total. The Morgan fingerprint density at radius 3 is 1.31 bits per heavy atom. The minimum absolute atomic E-state index is 0.110. The number of nitrogens with one attached hydrogen (secondary N) is 2. The summed E-state index contributed by atoms with van der Waals surface area (Å²) >= 11 is 24.3. The van der Waals surface area contributed by atoms with E-state index >= 15 is 0 Å². The molecule has 7 rings (SSSR count). The fraction of sp³-hybridized carbons (Fsp3) is 0.156. The second kappa shape index (κ2) is 17.2. The van der Waals surface area contributed by atoms with E-state index in [0.717, 1.165) is 33.4 Å². The van der Waals surface area contributed by atoms with Crippen LogP contribution in [0.1, 0.15) is 47.9 Å². The standard InChI is InChI=1S/C45H36Cl4N2O4/c46-31-17-23-41(39(48)27-31)54-25-5-11-43(52)50-33-19-13-29(14-20-33)45(37-9-3-1-7-35(37)36-8-2-4-10-38(36)45)30-15-21-34(22-16-30)51-44(53)12-6-26-55-42-24-18-32(47)28-40(42)49/h1-4,7-10,13-24,27-28H,5-6,11-12,25-26H2,(H,50,52)(H,51,53). The van der Waals surface area contributed by atoms with Gasteiger partial charge in [-0.2, -0.15) is 0 Å². The van der Waals surface area contributed by atoms with Crippen LogP contribution in [0.5, 0.6) is 11.5 Å². The summed E-state index contributed by atoms with van der Waals surface area (Å²) in [5.74, 6) is 0.843. The van der Waals surface area contributed by atoms with E-state index in [4.69, 9.17) is 55.9 Å². The van der Waals surface area contributed by atoms with E-state index in [0.29, 0.717) is 69.0 Å². The summed E-state index contributed by atoms with van der Waals surface area (Å²) in [6.07, 6.45) is 1.60. The number of benzene rings is 6. The van der Waals surface area contributed by atoms with Crippen molar-refractivity contribution < 1.29 is 19.1 Å². The van der Waals surface area contributed by atoms with Gasteiger partial charge in [0.25, 0.3) is 0 Å². The molecular formula is C45H36Cl4N2O4. The van der Waals surface area contributed by atoms with Crippen LogP contribution in [0.2, 0.25) is 20.1 Å². The van der Waals surface area contributed by atoms with Crippen LogP contribution in [0.4, 0.5) is 11.4 Å². The Bertz CT molecular complexity index is 2170. The zero-order chi connectivity index (χ0) is 38.4. The van der Waals surface area contributed by atoms with Gasteiger partial charge in [-0.3, -0.25) is 9.59 Å². The van der Waals surface area contributed by atoms with Crippen LogP contribution in [-0.4, -0.2) is 25.0 Å². The molecule has 278 valence electrons. The summed E-state index contributed by atoms with van der Waals surface area (Å²) in [5.41, 5.74) is 7.50. The Morgan fingerprint density at radius 1 is 0.509 bits per heavy atom. The van der Waals surface area contributed by atoms with Crippen LogP contribution in [0.25, 0.3) is 11.1 Å². The molecule has 0 fully saturated rings. The van der Waals surface area contributed by atoms with Crippen molar-refractivity contribution in [3.05, 3.63) is 176 Å². The maximum Gasteiger partial charge on any atom is 0.224 e. The third-order valence-corrected chi connectivity index (χ3v) is 10.6. The van der Waals surface area contributed by atoms with Gasteiger partial charge in [0.1, 0.15) is 11.5 Å². The van der Waals surface area contributed by atoms with Crippen molar-refractivity contribution in [3.63, 3.8) is 0 Å². The second-order valence-corrected chi connectivity index (χ2v) is 14.8. The van der Waals surface area contributed by atoms with E-state index in [1.807, 2.05) is 24.3 Å². The van der Waals surface area contributed by atoms with Gasteiger partial charge in [-0.1, -0.05) is 119 Å². The molecule has 0 radical (unpaired) electrons. The molecule has 0 atom stereocenters. The Hall–Kier alpha value is -4.98. The summed E-state index contributed by atoms with van der Waals surface area (Å²) in [6, 6.07) is 43.1. The molecule has 0 saturated heterocycles. The van der Waals surface area contributed by atoms with Gasteiger partial charge in [0, 0.05) is 34.3 Å². The van der Waals surface area contributed by atoms with E-state index < -0.39 is 5.41 Å². The van der Waals surface area contributed by atoms with Gasteiger partial charge < -0.3 is 20.1 Å². The SMILES string of the molecule is O=C(CCCOc1ccc(Cl)cc1Cl)Nc1ccc(C2(c3ccc(NC(=O)CCCOc4ccc(Cl)cc4Cl)cc3)c3ccccc3-c3ccccc32)cc1. The summed E-state index contributed by atoms with van der Waals surface area (Å²) in [6.45, 7) is 0.681. The molecule has 0 heterocycles. The van der Waals surface area contributed by atoms with Crippen LogP contribution in [0, 0.1) is 0 Å². The number of anilines is 2. The average Bonchev–Trinajstić information content (AvgIpc) is 3.48. The zero-order valence-electron chi connectivity index (χ0n) is 29.6. The van der Waals surface area contributed by atoms with Crippen LogP contribution < -0.4 is 20.1 Å². The third kappa shape index (κ3) is 8.48. The number of hydrogen-bond donors (Lipinski definition) is 2. The highest BCUT2D eigenvalue weighted by molar-refractivity contribution is 6.36. The molecule has 2 N–H and O–H groups in total. The van der Waals surface area contributed by atoms with Crippen molar-refractivity contribution in [1.82, 2.24) is 0 Å². The van der Waals surface area contributed by atoms with Crippen LogP contribution in [0.3, 0.4) is 0 Å². The summed E-state index contributed by atoms with van der Waals surface area (Å²) < 4.78 is 11.5. The van der Waals surface area contributed by atoms with Crippen LogP contribution in [-0.2, 0) is 15.0 Å². The summed E-state index contributed by atoms with van der Waals surface area (Å²) in [4.78, 5) is 25.8. The predicted molar refractivity (Wildman–Crippen MR) is 223 cm³/mol. The number of hydrogen-bond acceptors (Lipinski definition) is 4. The first-order valence-electron chi connectivity index (χ1n) is 17.9. The number of rotatable bonds is 14. The monoisotopic (exact) mass is 808 g/mol. The molecular weight excluding hydrogens is 774 g/mol. The largest absolute Gasteiger partial charge is 0.492 e. The van der Waals surface area contributed by atoms with Gasteiger partial charge in [0.15, 0.2) is 0 Å². The summed E-state index contributed by atoms with van der Waals surface area (Å²) in [5, 5.41) is 7.98. The molecule has 0 spiro atoms. The average molecular weight is 811 g/mol. The lowest BCUT2D eigenvalue weighted by Gasteiger charge is -2.34. The minimum atomic E-state index is -0.640. The Labute approximate surface area is 340 Å². The molecule has 55 heavy (non-hydrogen) atoms. The third-order valence-electron chi connectivity index (χ3n) is 9.55. The highest BCUT2D eigenvalue weighted by atomic mass is 35.5. The number of halogens is 4. The first kappa shape index (κ1) is 38.3. The number of amides is 2. The first-order chi connectivity index (χ1) is 26.7. The van der Waals surface area contributed by atoms with Crippen molar-refractivity contribution >= 4 is 69.6 Å². The molecule has 1 aliphatic carbocycles. The summed E-state index contributed by atoms with van der Waals surface area (Å²) in [7, 11) is 0. The molecule has 0 saturated carbocycles. The maximum absolute atomic E-state index is 12.9. The van der Waals surface area contributed by atoms with Gasteiger partial charge in [-0.15, -0.1) is 0 Å². The van der Waals surface area contributed by atoms with Crippen molar-refractivity contribution in [2.24, 2.45) is 0 Å². The topological polar surface area (TPSA) is 76.7 Å². The molecule has 0 aromatic heterocycles. The van der Waals surface area contributed by atoms with Crippen LogP contribution >= 0.6 is 46.4 Å². The molecule has 0 bridgehead atoms. The van der Waals surface area contributed by atoms with Crippen LogP contribution in [0.15, 0.2) is 133 Å².